The van der Waals surface area contributed by atoms with E-state index in [0.717, 1.165) is 10.1 Å². The fourth-order valence-electron chi connectivity index (χ4n) is 1.65. The minimum Gasteiger partial charge on any atom is -0.296 e. The molecule has 0 fully saturated rings. The first-order valence-corrected chi connectivity index (χ1v) is 8.94. The van der Waals surface area contributed by atoms with Crippen LogP contribution < -0.4 is 5.32 Å². The molecule has 4 nitrogen and oxygen atoms in total. The van der Waals surface area contributed by atoms with E-state index in [2.05, 4.69) is 21.6 Å². The van der Waals surface area contributed by atoms with E-state index >= 15 is 0 Å². The molecule has 2 heterocycles. The molecule has 0 atom stereocenters. The monoisotopic (exact) mass is 351 g/mol. The largest absolute Gasteiger partial charge is 0.296 e. The normalized spacial score (nSPS) is 10.6. The van der Waals surface area contributed by atoms with Gasteiger partial charge in [0.25, 0.3) is 5.91 Å². The van der Waals surface area contributed by atoms with Crippen LogP contribution >= 0.6 is 34.4 Å². The van der Waals surface area contributed by atoms with Gasteiger partial charge in [0, 0.05) is 16.2 Å². The van der Waals surface area contributed by atoms with Crippen LogP contribution in [0.3, 0.4) is 0 Å². The number of nitrogens with zero attached hydrogens (tertiary/aromatic N) is 2. The molecule has 3 rings (SSSR count). The number of hydrogen-bond acceptors (Lipinski definition) is 6. The van der Waals surface area contributed by atoms with Crippen LogP contribution in [0.1, 0.15) is 15.2 Å². The first-order chi connectivity index (χ1) is 10.7. The van der Waals surface area contributed by atoms with Crippen LogP contribution in [0, 0.1) is 5.82 Å². The second-order valence-corrected chi connectivity index (χ2v) is 7.44. The van der Waals surface area contributed by atoms with E-state index in [1.54, 1.807) is 29.2 Å². The lowest BCUT2D eigenvalue weighted by molar-refractivity contribution is 0.102. The van der Waals surface area contributed by atoms with E-state index in [-0.39, 0.29) is 5.56 Å². The molecule has 1 aromatic carbocycles. The van der Waals surface area contributed by atoms with Crippen molar-refractivity contribution in [3.63, 3.8) is 0 Å². The molecule has 0 saturated carbocycles. The van der Waals surface area contributed by atoms with Gasteiger partial charge in [-0.05, 0) is 29.6 Å². The van der Waals surface area contributed by atoms with Crippen molar-refractivity contribution in [2.24, 2.45) is 0 Å². The molecule has 0 aliphatic heterocycles. The van der Waals surface area contributed by atoms with E-state index < -0.39 is 11.7 Å². The summed E-state index contributed by atoms with van der Waals surface area (Å²) in [4.78, 5) is 13.2. The molecule has 8 heteroatoms. The van der Waals surface area contributed by atoms with Crippen LogP contribution in [0.4, 0.5) is 9.52 Å². The number of nitrogens with one attached hydrogen (secondary N) is 1. The summed E-state index contributed by atoms with van der Waals surface area (Å²) in [5.74, 6) is -0.0213. The van der Waals surface area contributed by atoms with Gasteiger partial charge in [0.2, 0.25) is 5.13 Å². The lowest BCUT2D eigenvalue weighted by atomic mass is 10.2. The summed E-state index contributed by atoms with van der Waals surface area (Å²) in [6.45, 7) is 0. The predicted octanol–water partition coefficient (Wildman–Crippen LogP) is 4.28. The van der Waals surface area contributed by atoms with Crippen molar-refractivity contribution in [1.29, 1.82) is 0 Å². The Morgan fingerprint density at radius 1 is 1.27 bits per heavy atom. The number of carbonyl (C=O) groups excluding carboxylic acids is 1. The molecule has 112 valence electrons. The zero-order valence-corrected chi connectivity index (χ0v) is 13.6. The molecule has 0 unspecified atom stereocenters. The van der Waals surface area contributed by atoms with Crippen molar-refractivity contribution in [3.8, 4) is 0 Å². The third kappa shape index (κ3) is 3.90. The summed E-state index contributed by atoms with van der Waals surface area (Å²) in [6, 6.07) is 9.58. The van der Waals surface area contributed by atoms with Crippen molar-refractivity contribution in [3.05, 3.63) is 58.0 Å². The summed E-state index contributed by atoms with van der Waals surface area (Å²) in [7, 11) is 0. The smallest absolute Gasteiger partial charge is 0.257 e. The fraction of sp³-hybridized carbons (Fsp3) is 0.0714. The van der Waals surface area contributed by atoms with Crippen LogP contribution in [-0.4, -0.2) is 16.1 Å². The molecule has 0 saturated heterocycles. The Labute approximate surface area is 138 Å². The molecule has 0 aliphatic rings. The van der Waals surface area contributed by atoms with Crippen LogP contribution in [0.5, 0.6) is 0 Å². The number of anilines is 1. The zero-order chi connectivity index (χ0) is 15.4. The number of thiophene rings is 1. The number of carbonyl (C=O) groups is 1. The number of thioether (sulfide) groups is 1. The average molecular weight is 351 g/mol. The Bertz CT molecular complexity index is 773. The maximum atomic E-state index is 13.1. The maximum Gasteiger partial charge on any atom is 0.257 e. The first-order valence-electron chi connectivity index (χ1n) is 6.26. The summed E-state index contributed by atoms with van der Waals surface area (Å²) < 4.78 is 13.9. The zero-order valence-electron chi connectivity index (χ0n) is 11.2. The molecular weight excluding hydrogens is 341 g/mol. The minimum atomic E-state index is -0.447. The number of hydrogen-bond donors (Lipinski definition) is 1. The third-order valence-electron chi connectivity index (χ3n) is 2.63. The number of rotatable bonds is 5. The van der Waals surface area contributed by atoms with Crippen molar-refractivity contribution in [1.82, 2.24) is 10.2 Å². The van der Waals surface area contributed by atoms with Gasteiger partial charge in [-0.25, -0.2) is 4.39 Å². The Morgan fingerprint density at radius 3 is 2.95 bits per heavy atom. The van der Waals surface area contributed by atoms with Crippen LogP contribution in [0.15, 0.2) is 46.1 Å². The second kappa shape index (κ2) is 6.99. The molecule has 22 heavy (non-hydrogen) atoms. The highest BCUT2D eigenvalue weighted by Gasteiger charge is 2.11. The number of halogens is 1. The molecule has 1 amide bonds. The van der Waals surface area contributed by atoms with Gasteiger partial charge in [0.1, 0.15) is 5.82 Å². The van der Waals surface area contributed by atoms with E-state index in [1.807, 2.05) is 11.4 Å². The first kappa shape index (κ1) is 15.1. The molecule has 0 radical (unpaired) electrons. The molecule has 1 N–H and O–H groups in total. The molecule has 3 aromatic rings. The highest BCUT2D eigenvalue weighted by atomic mass is 32.2. The van der Waals surface area contributed by atoms with E-state index in [9.17, 15) is 9.18 Å². The van der Waals surface area contributed by atoms with E-state index in [0.29, 0.717) is 5.13 Å². The third-order valence-corrected chi connectivity index (χ3v) is 5.71. The quantitative estimate of drug-likeness (QED) is 0.550. The standard InChI is InChI=1S/C14H10FN3OS3/c15-10-4-1-3-9(7-10)12(19)16-13-17-18-14(22-13)21-8-11-5-2-6-20-11/h1-7H,8H2,(H,16,17,19). The van der Waals surface area contributed by atoms with Crippen molar-refractivity contribution < 1.29 is 9.18 Å². The SMILES string of the molecule is O=C(Nc1nnc(SCc2cccs2)s1)c1cccc(F)c1. The number of aromatic nitrogens is 2. The van der Waals surface area contributed by atoms with Crippen molar-refractivity contribution in [2.45, 2.75) is 10.1 Å². The van der Waals surface area contributed by atoms with Gasteiger partial charge in [-0.1, -0.05) is 35.2 Å². The maximum absolute atomic E-state index is 13.1. The fourth-order valence-corrected chi connectivity index (χ4v) is 4.17. The number of benzene rings is 1. The van der Waals surface area contributed by atoms with Gasteiger partial charge in [-0.15, -0.1) is 21.5 Å². The summed E-state index contributed by atoms with van der Waals surface area (Å²) in [6.07, 6.45) is 0. The van der Waals surface area contributed by atoms with Gasteiger partial charge in [0.05, 0.1) is 0 Å². The van der Waals surface area contributed by atoms with Gasteiger partial charge in [-0.3, -0.25) is 10.1 Å². The minimum absolute atomic E-state index is 0.253. The van der Waals surface area contributed by atoms with Gasteiger partial charge >= 0.3 is 0 Å². The lowest BCUT2D eigenvalue weighted by Gasteiger charge is -2.00. The van der Waals surface area contributed by atoms with Crippen LogP contribution in [0.2, 0.25) is 0 Å². The predicted molar refractivity (Wildman–Crippen MR) is 88.1 cm³/mol. The second-order valence-electron chi connectivity index (χ2n) is 4.21. The topological polar surface area (TPSA) is 54.9 Å². The lowest BCUT2D eigenvalue weighted by Crippen LogP contribution is -2.11. The molecular formula is C14H10FN3OS3. The Morgan fingerprint density at radius 2 is 2.18 bits per heavy atom. The van der Waals surface area contributed by atoms with Crippen molar-refractivity contribution in [2.75, 3.05) is 5.32 Å². The van der Waals surface area contributed by atoms with Gasteiger partial charge < -0.3 is 0 Å². The highest BCUT2D eigenvalue weighted by Crippen LogP contribution is 2.29. The van der Waals surface area contributed by atoms with Gasteiger partial charge in [0.15, 0.2) is 4.34 Å². The van der Waals surface area contributed by atoms with Gasteiger partial charge in [-0.2, -0.15) is 0 Å². The Hall–Kier alpha value is -1.77. The Kier molecular flexibility index (Phi) is 4.81. The average Bonchev–Trinajstić information content (AvgIpc) is 3.16. The summed E-state index contributed by atoms with van der Waals surface area (Å²) in [5, 5.41) is 13.0. The van der Waals surface area contributed by atoms with E-state index in [1.165, 1.54) is 34.4 Å². The van der Waals surface area contributed by atoms with Crippen LogP contribution in [-0.2, 0) is 5.75 Å². The van der Waals surface area contributed by atoms with Crippen LogP contribution in [0.25, 0.3) is 0 Å². The number of amides is 1. The molecule has 0 spiro atoms. The van der Waals surface area contributed by atoms with E-state index in [4.69, 9.17) is 0 Å². The van der Waals surface area contributed by atoms with Crippen molar-refractivity contribution >= 4 is 45.5 Å². The summed E-state index contributed by atoms with van der Waals surface area (Å²) in [5.41, 5.74) is 0.253. The molecule has 0 aliphatic carbocycles. The molecule has 2 aromatic heterocycles. The summed E-state index contributed by atoms with van der Waals surface area (Å²) >= 11 is 4.56. The molecule has 0 bridgehead atoms. The highest BCUT2D eigenvalue weighted by molar-refractivity contribution is 8.00. The Balaban J connectivity index is 1.60.